The molecule has 0 aromatic heterocycles. The number of hydrogen-bond donors (Lipinski definition) is 0. The van der Waals surface area contributed by atoms with Gasteiger partial charge in [-0.2, -0.15) is 0 Å². The lowest BCUT2D eigenvalue weighted by molar-refractivity contribution is -0.166. The first-order valence-corrected chi connectivity index (χ1v) is 9.69. The molecule has 1 aromatic rings. The summed E-state index contributed by atoms with van der Waals surface area (Å²) < 4.78 is 6.02. The molecule has 0 radical (unpaired) electrons. The molecule has 0 N–H and O–H groups in total. The van der Waals surface area contributed by atoms with Crippen LogP contribution in [0.5, 0.6) is 0 Å². The molecule has 1 saturated heterocycles. The van der Waals surface area contributed by atoms with Crippen molar-refractivity contribution >= 4 is 18.4 Å². The van der Waals surface area contributed by atoms with Crippen molar-refractivity contribution in [1.29, 1.82) is 0 Å². The lowest BCUT2D eigenvalue weighted by Gasteiger charge is -2.53. The van der Waals surface area contributed by atoms with Crippen LogP contribution in [0.3, 0.4) is 0 Å². The topological polar surface area (TPSA) is 29.5 Å². The Hall–Kier alpha value is -1.06. The number of rotatable bonds is 2. The van der Waals surface area contributed by atoms with E-state index in [1.807, 2.05) is 13.8 Å². The Morgan fingerprint density at radius 1 is 1.20 bits per heavy atom. The molecule has 2 heterocycles. The van der Waals surface area contributed by atoms with Crippen LogP contribution in [-0.2, 0) is 16.0 Å². The van der Waals surface area contributed by atoms with Gasteiger partial charge < -0.3 is 4.74 Å². The largest absolute Gasteiger partial charge is 0.462 e. The molecular weight excluding hydrogens is 334 g/mol. The Labute approximate surface area is 157 Å². The Balaban J connectivity index is 0.00000182. The summed E-state index contributed by atoms with van der Waals surface area (Å²) in [6.45, 7) is 5.03. The zero-order valence-electron chi connectivity index (χ0n) is 15.3. The molecule has 3 nitrogen and oxygen atoms in total. The molecule has 0 bridgehead atoms. The average Bonchev–Trinajstić information content (AvgIpc) is 2.61. The molecule has 4 rings (SSSR count). The van der Waals surface area contributed by atoms with Gasteiger partial charge in [-0.15, -0.1) is 12.4 Å². The van der Waals surface area contributed by atoms with E-state index < -0.39 is 0 Å². The number of nitrogens with zero attached hydrogens (tertiary/aromatic N) is 1. The van der Waals surface area contributed by atoms with Crippen LogP contribution in [0.4, 0.5) is 0 Å². The van der Waals surface area contributed by atoms with Crippen molar-refractivity contribution in [1.82, 2.24) is 4.90 Å². The molecule has 4 unspecified atom stereocenters. The summed E-state index contributed by atoms with van der Waals surface area (Å²) in [6.07, 6.45) is 7.30. The molecule has 1 aliphatic carbocycles. The minimum absolute atomic E-state index is 0. The van der Waals surface area contributed by atoms with Gasteiger partial charge in [0.25, 0.3) is 0 Å². The molecule has 2 aliphatic heterocycles. The first-order valence-electron chi connectivity index (χ1n) is 9.69. The SMILES string of the molecule is CC(C)C(=O)OC1CC2c3ccccc3CCN2C2CCCCC12.Cl. The molecule has 4 heteroatoms. The van der Waals surface area contributed by atoms with E-state index in [-0.39, 0.29) is 30.4 Å². The number of hydrogen-bond acceptors (Lipinski definition) is 3. The van der Waals surface area contributed by atoms with Gasteiger partial charge in [-0.25, -0.2) is 0 Å². The minimum atomic E-state index is -0.0382. The minimum Gasteiger partial charge on any atom is -0.462 e. The van der Waals surface area contributed by atoms with Crippen LogP contribution >= 0.6 is 12.4 Å². The van der Waals surface area contributed by atoms with Crippen LogP contribution in [0.2, 0.25) is 0 Å². The normalized spacial score (nSPS) is 31.3. The van der Waals surface area contributed by atoms with Gasteiger partial charge in [0.1, 0.15) is 6.10 Å². The monoisotopic (exact) mass is 363 g/mol. The number of benzene rings is 1. The first-order chi connectivity index (χ1) is 11.6. The van der Waals surface area contributed by atoms with Gasteiger partial charge in [0.15, 0.2) is 0 Å². The van der Waals surface area contributed by atoms with Crippen LogP contribution in [0.1, 0.15) is 63.1 Å². The van der Waals surface area contributed by atoms with Crippen LogP contribution < -0.4 is 0 Å². The quantitative estimate of drug-likeness (QED) is 0.722. The first kappa shape index (κ1) is 18.7. The van der Waals surface area contributed by atoms with Gasteiger partial charge in [-0.1, -0.05) is 51.0 Å². The van der Waals surface area contributed by atoms with E-state index in [0.717, 1.165) is 19.4 Å². The van der Waals surface area contributed by atoms with Crippen molar-refractivity contribution in [2.75, 3.05) is 6.54 Å². The summed E-state index contributed by atoms with van der Waals surface area (Å²) in [4.78, 5) is 15.0. The fraction of sp³-hybridized carbons (Fsp3) is 0.667. The van der Waals surface area contributed by atoms with E-state index in [1.54, 1.807) is 0 Å². The number of esters is 1. The van der Waals surface area contributed by atoms with E-state index in [2.05, 4.69) is 29.2 Å². The summed E-state index contributed by atoms with van der Waals surface area (Å²) in [5.74, 6) is 0.466. The second-order valence-electron chi connectivity index (χ2n) is 8.08. The number of carbonyl (C=O) groups excluding carboxylic acids is 1. The third-order valence-electron chi connectivity index (χ3n) is 6.33. The number of piperidine rings is 1. The Bertz CT molecular complexity index is 618. The predicted octanol–water partition coefficient (Wildman–Crippen LogP) is 4.54. The number of carbonyl (C=O) groups is 1. The third kappa shape index (κ3) is 3.46. The highest BCUT2D eigenvalue weighted by Crippen LogP contribution is 2.47. The molecule has 3 aliphatic rings. The second kappa shape index (κ2) is 7.67. The molecule has 138 valence electrons. The fourth-order valence-corrected chi connectivity index (χ4v) is 5.13. The number of fused-ring (bicyclic) bond motifs is 5. The average molecular weight is 364 g/mol. The second-order valence-corrected chi connectivity index (χ2v) is 8.08. The van der Waals surface area contributed by atoms with E-state index in [9.17, 15) is 4.79 Å². The highest BCUT2D eigenvalue weighted by atomic mass is 35.5. The molecule has 1 saturated carbocycles. The Morgan fingerprint density at radius 3 is 2.76 bits per heavy atom. The van der Waals surface area contributed by atoms with Crippen LogP contribution in [0, 0.1) is 11.8 Å². The van der Waals surface area contributed by atoms with Crippen molar-refractivity contribution in [2.24, 2.45) is 11.8 Å². The molecule has 1 aromatic carbocycles. The lowest BCUT2D eigenvalue weighted by Crippen LogP contribution is -2.56. The van der Waals surface area contributed by atoms with Crippen LogP contribution in [0.15, 0.2) is 24.3 Å². The molecule has 0 amide bonds. The zero-order chi connectivity index (χ0) is 16.7. The smallest absolute Gasteiger partial charge is 0.308 e. The van der Waals surface area contributed by atoms with Crippen molar-refractivity contribution in [3.8, 4) is 0 Å². The lowest BCUT2D eigenvalue weighted by atomic mass is 9.71. The van der Waals surface area contributed by atoms with E-state index in [4.69, 9.17) is 4.74 Å². The van der Waals surface area contributed by atoms with Gasteiger partial charge in [0.05, 0.1) is 5.92 Å². The third-order valence-corrected chi connectivity index (χ3v) is 6.33. The molecular formula is C21H30ClNO2. The van der Waals surface area contributed by atoms with Gasteiger partial charge in [-0.05, 0) is 30.4 Å². The van der Waals surface area contributed by atoms with E-state index in [1.165, 1.54) is 36.8 Å². The Morgan fingerprint density at radius 2 is 1.96 bits per heavy atom. The fourth-order valence-electron chi connectivity index (χ4n) is 5.13. The van der Waals surface area contributed by atoms with Crippen LogP contribution in [0.25, 0.3) is 0 Å². The van der Waals surface area contributed by atoms with Gasteiger partial charge in [0, 0.05) is 31.0 Å². The molecule has 0 spiro atoms. The van der Waals surface area contributed by atoms with Crippen LogP contribution in [-0.4, -0.2) is 29.6 Å². The van der Waals surface area contributed by atoms with Gasteiger partial charge >= 0.3 is 5.97 Å². The van der Waals surface area contributed by atoms with Gasteiger partial charge in [0.2, 0.25) is 0 Å². The standard InChI is InChI=1S/C21H29NO2.ClH/c1-14(2)21(23)24-20-13-19-16-8-4-3-7-15(16)11-12-22(19)18-10-6-5-9-17(18)20;/h3-4,7-8,14,17-20H,5-6,9-13H2,1-2H3;1H. The number of halogens is 1. The molecule has 25 heavy (non-hydrogen) atoms. The van der Waals surface area contributed by atoms with Crippen molar-refractivity contribution in [3.05, 3.63) is 35.4 Å². The number of ether oxygens (including phenoxy) is 1. The summed E-state index contributed by atoms with van der Waals surface area (Å²) in [5.41, 5.74) is 2.96. The maximum Gasteiger partial charge on any atom is 0.308 e. The molecule has 4 atom stereocenters. The highest BCUT2D eigenvalue weighted by Gasteiger charge is 2.47. The van der Waals surface area contributed by atoms with Gasteiger partial charge in [-0.3, -0.25) is 9.69 Å². The summed E-state index contributed by atoms with van der Waals surface area (Å²) in [6, 6.07) is 9.89. The highest BCUT2D eigenvalue weighted by molar-refractivity contribution is 5.85. The summed E-state index contributed by atoms with van der Waals surface area (Å²) >= 11 is 0. The molecule has 2 fully saturated rings. The summed E-state index contributed by atoms with van der Waals surface area (Å²) in [7, 11) is 0. The Kier molecular flexibility index (Phi) is 5.75. The summed E-state index contributed by atoms with van der Waals surface area (Å²) in [5, 5.41) is 0. The maximum absolute atomic E-state index is 12.3. The van der Waals surface area contributed by atoms with Crippen molar-refractivity contribution in [3.63, 3.8) is 0 Å². The van der Waals surface area contributed by atoms with E-state index >= 15 is 0 Å². The predicted molar refractivity (Wildman–Crippen MR) is 102 cm³/mol. The van der Waals surface area contributed by atoms with E-state index in [0.29, 0.717) is 18.0 Å². The van der Waals surface area contributed by atoms with Crippen molar-refractivity contribution < 1.29 is 9.53 Å². The zero-order valence-corrected chi connectivity index (χ0v) is 16.1. The van der Waals surface area contributed by atoms with Crippen molar-refractivity contribution in [2.45, 2.75) is 70.6 Å². The maximum atomic E-state index is 12.3.